The van der Waals surface area contributed by atoms with E-state index < -0.39 is 0 Å². The predicted molar refractivity (Wildman–Crippen MR) is 97.3 cm³/mol. The molecule has 5 heteroatoms. The number of hydrogen-bond acceptors (Lipinski definition) is 4. The number of aromatic nitrogens is 3. The Labute approximate surface area is 144 Å². The Kier molecular flexibility index (Phi) is 3.69. The normalized spacial score (nSPS) is 11.1. The second kappa shape index (κ2) is 6.02. The van der Waals surface area contributed by atoms with E-state index in [1.807, 2.05) is 66.9 Å². The lowest BCUT2D eigenvalue weighted by Gasteiger charge is -2.10. The van der Waals surface area contributed by atoms with E-state index in [1.54, 1.807) is 6.20 Å². The molecule has 0 N–H and O–H groups in total. The van der Waals surface area contributed by atoms with Crippen molar-refractivity contribution in [2.75, 3.05) is 0 Å². The van der Waals surface area contributed by atoms with Gasteiger partial charge in [-0.2, -0.15) is 4.98 Å². The minimum atomic E-state index is -0.0911. The van der Waals surface area contributed by atoms with Gasteiger partial charge in [0.25, 0.3) is 5.89 Å². The smallest absolute Gasteiger partial charge is 0.263 e. The number of rotatable bonds is 3. The van der Waals surface area contributed by atoms with Crippen molar-refractivity contribution in [3.63, 3.8) is 0 Å². The molecule has 25 heavy (non-hydrogen) atoms. The molecule has 2 heterocycles. The number of aryl methyl sites for hydroxylation is 2. The molecule has 0 atom stereocenters. The minimum absolute atomic E-state index is 0.0911. The summed E-state index contributed by atoms with van der Waals surface area (Å²) in [6.45, 7) is 4.76. The average molecular weight is 331 g/mol. The summed E-state index contributed by atoms with van der Waals surface area (Å²) in [5, 5.41) is 4.69. The Morgan fingerprint density at radius 2 is 1.92 bits per heavy atom. The van der Waals surface area contributed by atoms with Crippen molar-refractivity contribution in [1.29, 1.82) is 0 Å². The Bertz CT molecular complexity index is 1110. The molecule has 0 radical (unpaired) electrons. The van der Waals surface area contributed by atoms with Crippen LogP contribution in [0.5, 0.6) is 0 Å². The lowest BCUT2D eigenvalue weighted by Crippen LogP contribution is -2.12. The molecule has 0 aliphatic heterocycles. The summed E-state index contributed by atoms with van der Waals surface area (Å²) in [6, 6.07) is 15.4. The maximum absolute atomic E-state index is 13.0. The first-order chi connectivity index (χ1) is 12.2. The summed E-state index contributed by atoms with van der Waals surface area (Å²) >= 11 is 0. The van der Waals surface area contributed by atoms with Gasteiger partial charge < -0.3 is 9.09 Å². The molecule has 0 fully saturated rings. The fourth-order valence-electron chi connectivity index (χ4n) is 2.96. The van der Waals surface area contributed by atoms with Crippen LogP contribution in [0.3, 0.4) is 0 Å². The molecule has 0 saturated heterocycles. The summed E-state index contributed by atoms with van der Waals surface area (Å²) in [5.74, 6) is 0.719. The Hall–Kier alpha value is -3.21. The van der Waals surface area contributed by atoms with Crippen molar-refractivity contribution in [1.82, 2.24) is 14.7 Å². The van der Waals surface area contributed by atoms with Crippen LogP contribution in [0.25, 0.3) is 33.7 Å². The quantitative estimate of drug-likeness (QED) is 0.568. The van der Waals surface area contributed by atoms with E-state index in [0.717, 1.165) is 23.2 Å². The van der Waals surface area contributed by atoms with Gasteiger partial charge in [-0.1, -0.05) is 47.1 Å². The molecule has 2 aromatic heterocycles. The molecule has 2 aromatic carbocycles. The second-order valence-electron chi connectivity index (χ2n) is 5.97. The minimum Gasteiger partial charge on any atom is -0.347 e. The highest BCUT2D eigenvalue weighted by atomic mass is 16.5. The van der Waals surface area contributed by atoms with Gasteiger partial charge in [-0.15, -0.1) is 0 Å². The third kappa shape index (κ3) is 2.63. The second-order valence-corrected chi connectivity index (χ2v) is 5.97. The van der Waals surface area contributed by atoms with Crippen molar-refractivity contribution in [3.05, 3.63) is 70.5 Å². The molecular formula is C20H17N3O2. The number of benzene rings is 2. The molecule has 5 nitrogen and oxygen atoms in total. The van der Waals surface area contributed by atoms with Crippen LogP contribution in [0.4, 0.5) is 0 Å². The van der Waals surface area contributed by atoms with E-state index in [2.05, 4.69) is 10.1 Å². The number of pyridine rings is 1. The zero-order valence-corrected chi connectivity index (χ0v) is 14.1. The maximum Gasteiger partial charge on any atom is 0.263 e. The van der Waals surface area contributed by atoms with E-state index in [0.29, 0.717) is 16.8 Å². The van der Waals surface area contributed by atoms with E-state index in [9.17, 15) is 4.79 Å². The fraction of sp³-hybridized carbons (Fsp3) is 0.150. The van der Waals surface area contributed by atoms with Gasteiger partial charge in [-0.3, -0.25) is 4.79 Å². The molecule has 0 bridgehead atoms. The molecule has 0 unspecified atom stereocenters. The van der Waals surface area contributed by atoms with Crippen LogP contribution in [0.15, 0.2) is 64.0 Å². The third-order valence-corrected chi connectivity index (χ3v) is 4.26. The van der Waals surface area contributed by atoms with Crippen LogP contribution in [0, 0.1) is 6.92 Å². The highest BCUT2D eigenvalue weighted by Crippen LogP contribution is 2.22. The predicted octanol–water partition coefficient (Wildman–Crippen LogP) is 4.05. The lowest BCUT2D eigenvalue weighted by atomic mass is 10.1. The van der Waals surface area contributed by atoms with E-state index in [4.69, 9.17) is 4.52 Å². The highest BCUT2D eigenvalue weighted by molar-refractivity contribution is 5.83. The van der Waals surface area contributed by atoms with Crippen molar-refractivity contribution >= 4 is 10.9 Å². The van der Waals surface area contributed by atoms with Crippen LogP contribution < -0.4 is 5.43 Å². The summed E-state index contributed by atoms with van der Waals surface area (Å²) < 4.78 is 7.42. The Balaban J connectivity index is 1.91. The Morgan fingerprint density at radius 3 is 2.68 bits per heavy atom. The van der Waals surface area contributed by atoms with Gasteiger partial charge in [0.2, 0.25) is 11.3 Å². The maximum atomic E-state index is 13.0. The SMILES string of the molecule is CCn1cc(-c2nc(-c3ccccc3)no2)c(=O)c2cc(C)ccc21. The first kappa shape index (κ1) is 15.3. The van der Waals surface area contributed by atoms with Crippen LogP contribution in [-0.2, 0) is 6.54 Å². The highest BCUT2D eigenvalue weighted by Gasteiger charge is 2.17. The van der Waals surface area contributed by atoms with Crippen molar-refractivity contribution in [3.8, 4) is 22.8 Å². The van der Waals surface area contributed by atoms with E-state index in [1.165, 1.54) is 0 Å². The van der Waals surface area contributed by atoms with Crippen LogP contribution in [0.1, 0.15) is 12.5 Å². The molecule has 0 saturated carbocycles. The van der Waals surface area contributed by atoms with Crippen LogP contribution in [-0.4, -0.2) is 14.7 Å². The first-order valence-corrected chi connectivity index (χ1v) is 8.20. The van der Waals surface area contributed by atoms with Crippen LogP contribution >= 0.6 is 0 Å². The molecule has 0 aliphatic rings. The molecule has 0 amide bonds. The van der Waals surface area contributed by atoms with Gasteiger partial charge in [0.15, 0.2) is 0 Å². The lowest BCUT2D eigenvalue weighted by molar-refractivity contribution is 0.431. The molecule has 4 rings (SSSR count). The number of hydrogen-bond donors (Lipinski definition) is 0. The molecule has 0 aliphatic carbocycles. The van der Waals surface area contributed by atoms with Gasteiger partial charge in [-0.25, -0.2) is 0 Å². The zero-order chi connectivity index (χ0) is 17.4. The Morgan fingerprint density at radius 1 is 1.12 bits per heavy atom. The first-order valence-electron chi connectivity index (χ1n) is 8.20. The molecule has 124 valence electrons. The monoisotopic (exact) mass is 331 g/mol. The van der Waals surface area contributed by atoms with Crippen molar-refractivity contribution in [2.24, 2.45) is 0 Å². The van der Waals surface area contributed by atoms with Crippen LogP contribution in [0.2, 0.25) is 0 Å². The van der Waals surface area contributed by atoms with Gasteiger partial charge >= 0.3 is 0 Å². The summed E-state index contributed by atoms with van der Waals surface area (Å²) in [4.78, 5) is 17.4. The van der Waals surface area contributed by atoms with E-state index in [-0.39, 0.29) is 11.3 Å². The zero-order valence-electron chi connectivity index (χ0n) is 14.1. The standard InChI is InChI=1S/C20H17N3O2/c1-3-23-12-16(18(24)15-11-13(2)9-10-17(15)23)20-21-19(22-25-20)14-7-5-4-6-8-14/h4-12H,3H2,1-2H3. The van der Waals surface area contributed by atoms with Gasteiger partial charge in [0.05, 0.1) is 5.52 Å². The van der Waals surface area contributed by atoms with Crippen molar-refractivity contribution in [2.45, 2.75) is 20.4 Å². The fourth-order valence-corrected chi connectivity index (χ4v) is 2.96. The number of fused-ring (bicyclic) bond motifs is 1. The summed E-state index contributed by atoms with van der Waals surface area (Å²) in [6.07, 6.45) is 1.79. The molecular weight excluding hydrogens is 314 g/mol. The topological polar surface area (TPSA) is 60.9 Å². The average Bonchev–Trinajstić information content (AvgIpc) is 3.13. The largest absolute Gasteiger partial charge is 0.347 e. The molecule has 4 aromatic rings. The number of nitrogens with zero attached hydrogens (tertiary/aromatic N) is 3. The van der Waals surface area contributed by atoms with E-state index >= 15 is 0 Å². The van der Waals surface area contributed by atoms with Gasteiger partial charge in [-0.05, 0) is 26.0 Å². The summed E-state index contributed by atoms with van der Waals surface area (Å²) in [5.41, 5.74) is 3.13. The van der Waals surface area contributed by atoms with Gasteiger partial charge in [0.1, 0.15) is 5.56 Å². The van der Waals surface area contributed by atoms with Gasteiger partial charge in [0, 0.05) is 23.7 Å². The molecule has 0 spiro atoms. The summed E-state index contributed by atoms with van der Waals surface area (Å²) in [7, 11) is 0. The third-order valence-electron chi connectivity index (χ3n) is 4.26. The van der Waals surface area contributed by atoms with Crippen molar-refractivity contribution < 1.29 is 4.52 Å².